The number of benzene rings is 2. The molecule has 1 N–H and O–H groups in total. The number of anilines is 2. The molecule has 0 spiro atoms. The zero-order valence-corrected chi connectivity index (χ0v) is 21.6. The van der Waals surface area contributed by atoms with E-state index in [9.17, 15) is 22.8 Å². The van der Waals surface area contributed by atoms with Crippen molar-refractivity contribution in [1.29, 1.82) is 0 Å². The molecule has 6 nitrogen and oxygen atoms in total. The second-order valence-corrected chi connectivity index (χ2v) is 9.90. The van der Waals surface area contributed by atoms with Crippen molar-refractivity contribution >= 4 is 33.9 Å². The van der Waals surface area contributed by atoms with E-state index in [0.717, 1.165) is 28.8 Å². The zero-order chi connectivity index (χ0) is 26.7. The Bertz CT molecular complexity index is 1300. The predicted molar refractivity (Wildman–Crippen MR) is 139 cm³/mol. The van der Waals surface area contributed by atoms with Gasteiger partial charge in [0.25, 0.3) is 0 Å². The van der Waals surface area contributed by atoms with Crippen LogP contribution in [0.2, 0.25) is 0 Å². The van der Waals surface area contributed by atoms with Gasteiger partial charge in [0.05, 0.1) is 19.2 Å². The molecule has 0 unspecified atom stereocenters. The topological polar surface area (TPSA) is 61.9 Å². The number of thiophene rings is 1. The van der Waals surface area contributed by atoms with Gasteiger partial charge in [-0.25, -0.2) is 4.79 Å². The van der Waals surface area contributed by atoms with Crippen LogP contribution in [0.25, 0.3) is 11.1 Å². The number of ether oxygens (including phenoxy) is 1. The van der Waals surface area contributed by atoms with E-state index in [0.29, 0.717) is 48.0 Å². The third-order valence-corrected chi connectivity index (χ3v) is 7.29. The Morgan fingerprint density at radius 3 is 2.43 bits per heavy atom. The monoisotopic (exact) mass is 531 g/mol. The molecule has 0 radical (unpaired) electrons. The second-order valence-electron chi connectivity index (χ2n) is 9.02. The Balaban J connectivity index is 1.42. The molecule has 0 bridgehead atoms. The fourth-order valence-corrected chi connectivity index (χ4v) is 5.36. The number of methoxy groups -OCH3 is 1. The van der Waals surface area contributed by atoms with Gasteiger partial charge in [-0.05, 0) is 43.2 Å². The summed E-state index contributed by atoms with van der Waals surface area (Å²) in [6, 6.07) is 11.3. The number of aryl methyl sites for hydroxylation is 2. The van der Waals surface area contributed by atoms with Crippen molar-refractivity contribution < 1.29 is 27.5 Å². The van der Waals surface area contributed by atoms with Gasteiger partial charge in [-0.2, -0.15) is 13.2 Å². The number of carbonyl (C=O) groups excluding carboxylic acids is 2. The lowest BCUT2D eigenvalue weighted by Gasteiger charge is -2.36. The van der Waals surface area contributed by atoms with Crippen LogP contribution in [0.3, 0.4) is 0 Å². The molecule has 0 aliphatic carbocycles. The first-order valence-corrected chi connectivity index (χ1v) is 12.7. The number of amides is 1. The van der Waals surface area contributed by atoms with Crippen LogP contribution in [-0.4, -0.2) is 56.6 Å². The predicted octanol–water partition coefficient (Wildman–Crippen LogP) is 5.60. The molecule has 10 heteroatoms. The molecule has 1 aliphatic heterocycles. The molecule has 2 heterocycles. The summed E-state index contributed by atoms with van der Waals surface area (Å²) in [4.78, 5) is 29.4. The van der Waals surface area contributed by atoms with E-state index in [1.807, 2.05) is 47.2 Å². The SMILES string of the molecule is COC(=O)c1c(-c2cc(C)ccc2C)csc1NC(=O)CN1CCN(c2cccc(C(F)(F)F)c2)CC1. The number of nitrogens with zero attached hydrogens (tertiary/aromatic N) is 2. The van der Waals surface area contributed by atoms with Crippen molar-refractivity contribution in [2.75, 3.05) is 50.1 Å². The molecule has 1 fully saturated rings. The minimum absolute atomic E-state index is 0.105. The van der Waals surface area contributed by atoms with E-state index in [1.165, 1.54) is 24.5 Å². The maximum absolute atomic E-state index is 13.1. The van der Waals surface area contributed by atoms with Crippen molar-refractivity contribution in [2.45, 2.75) is 20.0 Å². The molecule has 0 saturated carbocycles. The highest BCUT2D eigenvalue weighted by atomic mass is 32.1. The van der Waals surface area contributed by atoms with Crippen LogP contribution in [0, 0.1) is 13.8 Å². The zero-order valence-electron chi connectivity index (χ0n) is 20.8. The maximum atomic E-state index is 13.1. The number of esters is 1. The van der Waals surface area contributed by atoms with Gasteiger partial charge >= 0.3 is 12.1 Å². The van der Waals surface area contributed by atoms with Crippen molar-refractivity contribution in [1.82, 2.24) is 4.90 Å². The normalized spacial score (nSPS) is 14.5. The summed E-state index contributed by atoms with van der Waals surface area (Å²) in [5, 5.41) is 5.13. The first-order valence-electron chi connectivity index (χ1n) is 11.8. The average Bonchev–Trinajstić information content (AvgIpc) is 3.28. The largest absolute Gasteiger partial charge is 0.465 e. The van der Waals surface area contributed by atoms with E-state index >= 15 is 0 Å². The van der Waals surface area contributed by atoms with Gasteiger partial charge in [-0.15, -0.1) is 11.3 Å². The quantitative estimate of drug-likeness (QED) is 0.420. The number of piperazine rings is 1. The fraction of sp³-hybridized carbons (Fsp3) is 0.333. The highest BCUT2D eigenvalue weighted by Gasteiger charge is 2.31. The summed E-state index contributed by atoms with van der Waals surface area (Å²) in [5.74, 6) is -0.797. The second kappa shape index (κ2) is 10.9. The fourth-order valence-electron chi connectivity index (χ4n) is 4.39. The van der Waals surface area contributed by atoms with E-state index in [2.05, 4.69) is 5.32 Å². The lowest BCUT2D eigenvalue weighted by molar-refractivity contribution is -0.137. The molecule has 1 amide bonds. The summed E-state index contributed by atoms with van der Waals surface area (Å²) < 4.78 is 44.2. The van der Waals surface area contributed by atoms with Crippen LogP contribution in [0.4, 0.5) is 23.9 Å². The third kappa shape index (κ3) is 6.14. The molecule has 0 atom stereocenters. The molecule has 4 rings (SSSR count). The summed E-state index contributed by atoms with van der Waals surface area (Å²) in [6.45, 7) is 6.08. The Morgan fingerprint density at radius 2 is 1.76 bits per heavy atom. The molecule has 1 saturated heterocycles. The highest BCUT2D eigenvalue weighted by Crippen LogP contribution is 2.38. The van der Waals surface area contributed by atoms with E-state index in [1.54, 1.807) is 6.07 Å². The van der Waals surface area contributed by atoms with Crippen molar-refractivity contribution in [3.63, 3.8) is 0 Å². The van der Waals surface area contributed by atoms with Gasteiger partial charge in [0.1, 0.15) is 10.6 Å². The van der Waals surface area contributed by atoms with Gasteiger partial charge < -0.3 is 15.0 Å². The van der Waals surface area contributed by atoms with Crippen LogP contribution in [0.1, 0.15) is 27.0 Å². The molecule has 3 aromatic rings. The maximum Gasteiger partial charge on any atom is 0.416 e. The molecule has 2 aromatic carbocycles. The first kappa shape index (κ1) is 26.7. The molecule has 196 valence electrons. The van der Waals surface area contributed by atoms with Crippen molar-refractivity contribution in [3.05, 3.63) is 70.1 Å². The summed E-state index contributed by atoms with van der Waals surface area (Å²) in [7, 11) is 1.31. The van der Waals surface area contributed by atoms with E-state index in [4.69, 9.17) is 4.74 Å². The first-order chi connectivity index (χ1) is 17.6. The molecule has 37 heavy (non-hydrogen) atoms. The smallest absolute Gasteiger partial charge is 0.416 e. The number of nitrogens with one attached hydrogen (secondary N) is 1. The van der Waals surface area contributed by atoms with Gasteiger partial charge in [0.2, 0.25) is 5.91 Å². The van der Waals surface area contributed by atoms with Gasteiger partial charge in [0.15, 0.2) is 0 Å². The van der Waals surface area contributed by atoms with Crippen LogP contribution < -0.4 is 10.2 Å². The summed E-state index contributed by atoms with van der Waals surface area (Å²) in [5.41, 5.74) is 3.83. The Hall–Kier alpha value is -3.37. The highest BCUT2D eigenvalue weighted by molar-refractivity contribution is 7.15. The van der Waals surface area contributed by atoms with Crippen molar-refractivity contribution in [2.24, 2.45) is 0 Å². The number of hydrogen-bond acceptors (Lipinski definition) is 6. The lowest BCUT2D eigenvalue weighted by Crippen LogP contribution is -2.48. The van der Waals surface area contributed by atoms with Crippen LogP contribution >= 0.6 is 11.3 Å². The average molecular weight is 532 g/mol. The van der Waals surface area contributed by atoms with Gasteiger partial charge in [0, 0.05) is 42.8 Å². The Morgan fingerprint density at radius 1 is 1.03 bits per heavy atom. The number of hydrogen-bond donors (Lipinski definition) is 1. The number of halogens is 3. The molecular weight excluding hydrogens is 503 g/mol. The van der Waals surface area contributed by atoms with Crippen LogP contribution in [-0.2, 0) is 15.7 Å². The number of rotatable bonds is 6. The Labute approximate surface area is 217 Å². The summed E-state index contributed by atoms with van der Waals surface area (Å²) >= 11 is 1.27. The number of alkyl halides is 3. The standard InChI is InChI=1S/C27H28F3N3O3S/c1-17-7-8-18(2)21(13-17)22-16-37-25(24(22)26(35)36-3)31-23(34)15-32-9-11-33(12-10-32)20-6-4-5-19(14-20)27(28,29)30/h4-8,13-14,16H,9-12,15H2,1-3H3,(H,31,34). The van der Waals surface area contributed by atoms with Crippen LogP contribution in [0.5, 0.6) is 0 Å². The lowest BCUT2D eigenvalue weighted by atomic mass is 9.97. The van der Waals surface area contributed by atoms with Gasteiger partial charge in [-0.3, -0.25) is 9.69 Å². The van der Waals surface area contributed by atoms with Gasteiger partial charge in [-0.1, -0.05) is 29.8 Å². The minimum Gasteiger partial charge on any atom is -0.465 e. The van der Waals surface area contributed by atoms with Crippen molar-refractivity contribution in [3.8, 4) is 11.1 Å². The third-order valence-electron chi connectivity index (χ3n) is 6.39. The Kier molecular flexibility index (Phi) is 7.89. The molecular formula is C27H28F3N3O3S. The summed E-state index contributed by atoms with van der Waals surface area (Å²) in [6.07, 6.45) is -4.39. The molecule has 1 aliphatic rings. The van der Waals surface area contributed by atoms with E-state index in [-0.39, 0.29) is 12.5 Å². The minimum atomic E-state index is -4.39. The number of carbonyl (C=O) groups is 2. The van der Waals surface area contributed by atoms with E-state index < -0.39 is 17.7 Å². The van der Waals surface area contributed by atoms with Crippen LogP contribution in [0.15, 0.2) is 47.8 Å². The molecule has 1 aromatic heterocycles.